The molecule has 0 radical (unpaired) electrons. The van der Waals surface area contributed by atoms with Crippen LogP contribution in [0.4, 0.5) is 16.0 Å². The molecule has 2 heterocycles. The Balaban J connectivity index is 1.35. The summed E-state index contributed by atoms with van der Waals surface area (Å²) in [4.78, 5) is 37.6. The van der Waals surface area contributed by atoms with Crippen molar-refractivity contribution in [3.63, 3.8) is 0 Å². The van der Waals surface area contributed by atoms with Crippen molar-refractivity contribution in [1.29, 1.82) is 0 Å². The Hall–Kier alpha value is -3.63. The van der Waals surface area contributed by atoms with E-state index in [0.29, 0.717) is 37.1 Å². The van der Waals surface area contributed by atoms with Crippen LogP contribution in [0, 0.1) is 0 Å². The van der Waals surface area contributed by atoms with E-state index < -0.39 is 0 Å². The molecule has 3 N–H and O–H groups in total. The van der Waals surface area contributed by atoms with Crippen molar-refractivity contribution in [2.24, 2.45) is 0 Å². The van der Waals surface area contributed by atoms with E-state index in [1.165, 1.54) is 6.92 Å². The van der Waals surface area contributed by atoms with Crippen LogP contribution in [0.2, 0.25) is 0 Å². The molecule has 0 saturated carbocycles. The van der Waals surface area contributed by atoms with Crippen molar-refractivity contribution in [3.8, 4) is 11.4 Å². The van der Waals surface area contributed by atoms with Gasteiger partial charge < -0.3 is 16.0 Å². The summed E-state index contributed by atoms with van der Waals surface area (Å²) >= 11 is 0. The number of nitrogens with one attached hydrogen (secondary N) is 3. The third kappa shape index (κ3) is 8.46. The second-order valence-electron chi connectivity index (χ2n) is 9.55. The summed E-state index contributed by atoms with van der Waals surface area (Å²) in [6.45, 7) is 6.47. The van der Waals surface area contributed by atoms with Gasteiger partial charge in [-0.25, -0.2) is 14.4 Å². The summed E-state index contributed by atoms with van der Waals surface area (Å²) in [7, 11) is 0. The molecule has 1 aliphatic carbocycles. The van der Waals surface area contributed by atoms with Gasteiger partial charge in [0.05, 0.1) is 6.54 Å². The number of carbonyl (C=O) groups excluding carboxylic acids is 2. The monoisotopic (exact) mass is 521 g/mol. The van der Waals surface area contributed by atoms with Crippen molar-refractivity contribution >= 4 is 23.5 Å². The molecule has 202 valence electrons. The van der Waals surface area contributed by atoms with Gasteiger partial charge in [-0.15, -0.1) is 0 Å². The maximum absolute atomic E-state index is 14.1. The SMILES string of the molecule is CC(=O)NCCNc1cc(NC(=O)CN2CCCN(CC3=CCCC=C3F)CC2)nc(-c2ccccc2)n1. The summed E-state index contributed by atoms with van der Waals surface area (Å²) in [5.41, 5.74) is 1.61. The molecular formula is C28H36FN7O2. The third-order valence-electron chi connectivity index (χ3n) is 6.46. The van der Waals surface area contributed by atoms with E-state index in [1.807, 2.05) is 36.4 Å². The lowest BCUT2D eigenvalue weighted by molar-refractivity contribution is -0.119. The van der Waals surface area contributed by atoms with Crippen LogP contribution < -0.4 is 16.0 Å². The van der Waals surface area contributed by atoms with E-state index >= 15 is 0 Å². The van der Waals surface area contributed by atoms with Crippen LogP contribution >= 0.6 is 0 Å². The summed E-state index contributed by atoms with van der Waals surface area (Å²) in [6, 6.07) is 11.3. The highest BCUT2D eigenvalue weighted by Gasteiger charge is 2.20. The third-order valence-corrected chi connectivity index (χ3v) is 6.46. The first-order valence-corrected chi connectivity index (χ1v) is 13.2. The van der Waals surface area contributed by atoms with E-state index in [4.69, 9.17) is 0 Å². The van der Waals surface area contributed by atoms with E-state index in [-0.39, 0.29) is 24.2 Å². The fourth-order valence-corrected chi connectivity index (χ4v) is 4.55. The fourth-order valence-electron chi connectivity index (χ4n) is 4.55. The quantitative estimate of drug-likeness (QED) is 0.413. The smallest absolute Gasteiger partial charge is 0.239 e. The molecule has 1 aliphatic heterocycles. The van der Waals surface area contributed by atoms with Crippen LogP contribution in [-0.2, 0) is 9.59 Å². The molecule has 2 aromatic rings. The summed E-state index contributed by atoms with van der Waals surface area (Å²) < 4.78 is 14.1. The topological polar surface area (TPSA) is 102 Å². The number of hydrogen-bond acceptors (Lipinski definition) is 7. The number of nitrogens with zero attached hydrogens (tertiary/aromatic N) is 4. The molecule has 38 heavy (non-hydrogen) atoms. The molecule has 4 rings (SSSR count). The predicted molar refractivity (Wildman–Crippen MR) is 147 cm³/mol. The van der Waals surface area contributed by atoms with Gasteiger partial charge in [0, 0.05) is 51.3 Å². The Morgan fingerprint density at radius 2 is 1.68 bits per heavy atom. The minimum atomic E-state index is -0.149. The number of aromatic nitrogens is 2. The zero-order valence-corrected chi connectivity index (χ0v) is 21.9. The molecular weight excluding hydrogens is 485 g/mol. The molecule has 1 saturated heterocycles. The average Bonchev–Trinajstić information content (AvgIpc) is 3.13. The average molecular weight is 522 g/mol. The first kappa shape index (κ1) is 27.4. The molecule has 0 bridgehead atoms. The maximum Gasteiger partial charge on any atom is 0.239 e. The lowest BCUT2D eigenvalue weighted by Gasteiger charge is -2.23. The summed E-state index contributed by atoms with van der Waals surface area (Å²) in [6.07, 6.45) is 6.25. The highest BCUT2D eigenvalue weighted by molar-refractivity contribution is 5.92. The Morgan fingerprint density at radius 1 is 0.947 bits per heavy atom. The first-order chi connectivity index (χ1) is 18.5. The molecule has 10 heteroatoms. The van der Waals surface area contributed by atoms with Crippen LogP contribution in [0.1, 0.15) is 26.2 Å². The van der Waals surface area contributed by atoms with Gasteiger partial charge in [-0.3, -0.25) is 19.4 Å². The highest BCUT2D eigenvalue weighted by Crippen LogP contribution is 2.22. The van der Waals surface area contributed by atoms with Crippen LogP contribution in [0.25, 0.3) is 11.4 Å². The molecule has 0 unspecified atom stereocenters. The Labute approximate surface area is 223 Å². The molecule has 0 spiro atoms. The first-order valence-electron chi connectivity index (χ1n) is 13.2. The number of halogens is 1. The Kier molecular flexibility index (Phi) is 9.94. The van der Waals surface area contributed by atoms with Gasteiger partial charge in [-0.2, -0.15) is 0 Å². The van der Waals surface area contributed by atoms with Gasteiger partial charge in [0.2, 0.25) is 11.8 Å². The minimum Gasteiger partial charge on any atom is -0.368 e. The zero-order chi connectivity index (χ0) is 26.7. The summed E-state index contributed by atoms with van der Waals surface area (Å²) in [5.74, 6) is 1.12. The number of carbonyl (C=O) groups is 2. The van der Waals surface area contributed by atoms with Crippen LogP contribution in [0.15, 0.2) is 60.0 Å². The van der Waals surface area contributed by atoms with Gasteiger partial charge in [0.25, 0.3) is 0 Å². The predicted octanol–water partition coefficient (Wildman–Crippen LogP) is 3.21. The van der Waals surface area contributed by atoms with Crippen molar-refractivity contribution in [3.05, 3.63) is 60.0 Å². The van der Waals surface area contributed by atoms with Gasteiger partial charge in [0.1, 0.15) is 17.5 Å². The molecule has 9 nitrogen and oxygen atoms in total. The molecule has 1 aromatic carbocycles. The van der Waals surface area contributed by atoms with Gasteiger partial charge in [-0.05, 0) is 44.0 Å². The van der Waals surface area contributed by atoms with Crippen LogP contribution in [0.3, 0.4) is 0 Å². The number of hydrogen-bond donors (Lipinski definition) is 3. The van der Waals surface area contributed by atoms with Crippen molar-refractivity contribution in [1.82, 2.24) is 25.1 Å². The molecule has 1 fully saturated rings. The summed E-state index contributed by atoms with van der Waals surface area (Å²) in [5, 5.41) is 8.86. The lowest BCUT2D eigenvalue weighted by atomic mass is 10.1. The molecule has 1 aromatic heterocycles. The normalized spacial score (nSPS) is 16.7. The molecule has 2 amide bonds. The molecule has 0 atom stereocenters. The van der Waals surface area contributed by atoms with Gasteiger partial charge in [-0.1, -0.05) is 36.4 Å². The number of allylic oxidation sites excluding steroid dienone is 2. The van der Waals surface area contributed by atoms with E-state index in [1.54, 1.807) is 12.1 Å². The van der Waals surface area contributed by atoms with Gasteiger partial charge >= 0.3 is 0 Å². The van der Waals surface area contributed by atoms with Crippen molar-refractivity contribution in [2.75, 3.05) is 63.0 Å². The van der Waals surface area contributed by atoms with Crippen LogP contribution in [0.5, 0.6) is 0 Å². The second kappa shape index (κ2) is 13.8. The van der Waals surface area contributed by atoms with E-state index in [9.17, 15) is 14.0 Å². The number of rotatable bonds is 10. The number of benzene rings is 1. The van der Waals surface area contributed by atoms with Crippen molar-refractivity contribution in [2.45, 2.75) is 26.2 Å². The fraction of sp³-hybridized carbons (Fsp3) is 0.429. The minimum absolute atomic E-state index is 0.0968. The van der Waals surface area contributed by atoms with Crippen LogP contribution in [-0.4, -0.2) is 83.9 Å². The second-order valence-corrected chi connectivity index (χ2v) is 9.55. The number of anilines is 2. The number of amides is 2. The van der Waals surface area contributed by atoms with E-state index in [0.717, 1.165) is 56.6 Å². The maximum atomic E-state index is 14.1. The largest absolute Gasteiger partial charge is 0.368 e. The van der Waals surface area contributed by atoms with E-state index in [2.05, 4.69) is 35.7 Å². The molecule has 2 aliphatic rings. The standard InChI is InChI=1S/C28H36FN7O2/c1-21(37)30-12-13-31-25-18-26(34-28(33-25)22-8-3-2-4-9-22)32-27(38)20-36-15-7-14-35(16-17-36)19-23-10-5-6-11-24(23)29/h2-4,8-11,18H,5-7,12-17,19-20H2,1H3,(H,30,37)(H2,31,32,33,34,38). The zero-order valence-electron chi connectivity index (χ0n) is 21.9. The lowest BCUT2D eigenvalue weighted by Crippen LogP contribution is -2.37. The highest BCUT2D eigenvalue weighted by atomic mass is 19.1. The Bertz CT molecular complexity index is 1170. The van der Waals surface area contributed by atoms with Gasteiger partial charge in [0.15, 0.2) is 5.82 Å². The van der Waals surface area contributed by atoms with Crippen molar-refractivity contribution < 1.29 is 14.0 Å². The Morgan fingerprint density at radius 3 is 2.47 bits per heavy atom.